The average molecular weight is 420 g/mol. The number of carboxylic acids is 1. The molecule has 0 amide bonds. The third kappa shape index (κ3) is 5.34. The number of hydrogen-bond donors (Lipinski definition) is 2. The molecule has 0 atom stereocenters. The topological polar surface area (TPSA) is 49.3 Å². The summed E-state index contributed by atoms with van der Waals surface area (Å²) in [4.78, 5) is 11.5. The van der Waals surface area contributed by atoms with E-state index in [0.29, 0.717) is 10.7 Å². The minimum Gasteiger partial charge on any atom is -0.478 e. The molecule has 0 saturated heterocycles. The highest BCUT2D eigenvalue weighted by atomic mass is 32.1. The molecule has 0 radical (unpaired) electrons. The second kappa shape index (κ2) is 7.65. The van der Waals surface area contributed by atoms with Gasteiger partial charge < -0.3 is 10.4 Å². The smallest absolute Gasteiger partial charge is 0.338 e. The molecule has 0 fully saturated rings. The van der Waals surface area contributed by atoms with Crippen molar-refractivity contribution in [2.75, 3.05) is 5.32 Å². The maximum absolute atomic E-state index is 13.9. The summed E-state index contributed by atoms with van der Waals surface area (Å²) in [7, 11) is -3.06. The molecule has 2 N–H and O–H groups in total. The second-order valence-corrected chi connectivity index (χ2v) is 19.3. The van der Waals surface area contributed by atoms with Crippen LogP contribution in [0.3, 0.4) is 0 Å². The molecule has 0 aliphatic rings. The fraction of sp³-hybridized carbons (Fsp3) is 0.300. The number of anilines is 1. The average Bonchev–Trinajstić information content (AvgIpc) is 2.52. The van der Waals surface area contributed by atoms with Crippen LogP contribution in [0.2, 0.25) is 39.3 Å². The van der Waals surface area contributed by atoms with Crippen molar-refractivity contribution < 1.29 is 14.3 Å². The van der Waals surface area contributed by atoms with Crippen LogP contribution in [0.1, 0.15) is 15.9 Å². The van der Waals surface area contributed by atoms with E-state index in [4.69, 9.17) is 17.3 Å². The summed E-state index contributed by atoms with van der Waals surface area (Å²) in [5, 5.41) is 14.7. The molecular formula is C20H26FNO2SSi2. The lowest BCUT2D eigenvalue weighted by Gasteiger charge is -2.24. The van der Waals surface area contributed by atoms with Crippen molar-refractivity contribution in [3.05, 3.63) is 53.3 Å². The van der Waals surface area contributed by atoms with Crippen molar-refractivity contribution in [2.24, 2.45) is 0 Å². The summed E-state index contributed by atoms with van der Waals surface area (Å²) in [6.45, 7) is 13.8. The van der Waals surface area contributed by atoms with E-state index < -0.39 is 27.9 Å². The van der Waals surface area contributed by atoms with Gasteiger partial charge in [-0.3, -0.25) is 0 Å². The third-order valence-electron chi connectivity index (χ3n) is 4.38. The van der Waals surface area contributed by atoms with Gasteiger partial charge in [0.1, 0.15) is 10.8 Å². The standard InChI is InChI=1S/C20H26FNO2SSi2/c1-26(2,3)15-9-13(10-16(12-15)27(4,5)6)19(25)22-14-7-8-17(20(23)24)18(21)11-14/h7-12H,1-6H3,(H,22,25)(H,23,24). The van der Waals surface area contributed by atoms with Crippen LogP contribution in [0.25, 0.3) is 0 Å². The molecule has 2 aromatic carbocycles. The highest BCUT2D eigenvalue weighted by molar-refractivity contribution is 7.81. The van der Waals surface area contributed by atoms with Gasteiger partial charge in [-0.1, -0.05) is 80.1 Å². The summed E-state index contributed by atoms with van der Waals surface area (Å²) in [6.07, 6.45) is 0. The van der Waals surface area contributed by atoms with Gasteiger partial charge in [-0.25, -0.2) is 9.18 Å². The lowest BCUT2D eigenvalue weighted by atomic mass is 10.1. The van der Waals surface area contributed by atoms with Crippen molar-refractivity contribution in [3.63, 3.8) is 0 Å². The maximum Gasteiger partial charge on any atom is 0.338 e. The minimum absolute atomic E-state index is 0.354. The predicted molar refractivity (Wildman–Crippen MR) is 121 cm³/mol. The van der Waals surface area contributed by atoms with E-state index in [-0.39, 0.29) is 5.56 Å². The third-order valence-corrected chi connectivity index (χ3v) is 8.76. The Bertz CT molecular complexity index is 870. The summed E-state index contributed by atoms with van der Waals surface area (Å²) in [5.74, 6) is -2.07. The number of carbonyl (C=O) groups is 1. The fourth-order valence-electron chi connectivity index (χ4n) is 2.59. The van der Waals surface area contributed by atoms with Gasteiger partial charge >= 0.3 is 5.97 Å². The Hall–Kier alpha value is -1.84. The monoisotopic (exact) mass is 419 g/mol. The fourth-order valence-corrected chi connectivity index (χ4v) is 5.33. The molecule has 0 heterocycles. The zero-order chi connectivity index (χ0) is 20.6. The summed E-state index contributed by atoms with van der Waals surface area (Å²) in [6, 6.07) is 10.5. The zero-order valence-electron chi connectivity index (χ0n) is 16.6. The SMILES string of the molecule is C[Si](C)(C)c1cc(C(=S)Nc2ccc(C(=O)O)c(F)c2)cc([Si](C)(C)C)c1. The molecule has 0 aromatic heterocycles. The quantitative estimate of drug-likeness (QED) is 0.557. The molecule has 7 heteroatoms. The Kier molecular flexibility index (Phi) is 6.08. The van der Waals surface area contributed by atoms with Crippen molar-refractivity contribution in [1.82, 2.24) is 0 Å². The number of carboxylic acid groups (broad SMARTS) is 1. The van der Waals surface area contributed by atoms with Crippen molar-refractivity contribution in [2.45, 2.75) is 39.3 Å². The van der Waals surface area contributed by atoms with E-state index in [0.717, 1.165) is 11.6 Å². The van der Waals surface area contributed by atoms with Crippen molar-refractivity contribution >= 4 is 55.4 Å². The molecule has 144 valence electrons. The Morgan fingerprint density at radius 2 is 1.48 bits per heavy atom. The van der Waals surface area contributed by atoms with Gasteiger partial charge in [0.15, 0.2) is 0 Å². The van der Waals surface area contributed by atoms with E-state index in [1.165, 1.54) is 22.5 Å². The van der Waals surface area contributed by atoms with Gasteiger partial charge in [-0.15, -0.1) is 0 Å². The largest absolute Gasteiger partial charge is 0.478 e. The van der Waals surface area contributed by atoms with Crippen LogP contribution >= 0.6 is 12.2 Å². The molecule has 0 aliphatic carbocycles. The molecule has 3 nitrogen and oxygen atoms in total. The van der Waals surface area contributed by atoms with Crippen LogP contribution in [0, 0.1) is 5.82 Å². The van der Waals surface area contributed by atoms with Gasteiger partial charge in [0.05, 0.1) is 21.7 Å². The van der Waals surface area contributed by atoms with E-state index in [2.05, 4.69) is 62.8 Å². The van der Waals surface area contributed by atoms with Crippen LogP contribution in [0.5, 0.6) is 0 Å². The Morgan fingerprint density at radius 1 is 0.963 bits per heavy atom. The van der Waals surface area contributed by atoms with Gasteiger partial charge in [-0.05, 0) is 18.2 Å². The van der Waals surface area contributed by atoms with Gasteiger partial charge in [0.25, 0.3) is 0 Å². The molecule has 0 unspecified atom stereocenters. The molecule has 27 heavy (non-hydrogen) atoms. The van der Waals surface area contributed by atoms with Gasteiger partial charge in [0, 0.05) is 11.3 Å². The number of halogens is 1. The maximum atomic E-state index is 13.9. The molecule has 2 aromatic rings. The number of aromatic carboxylic acids is 1. The Morgan fingerprint density at radius 3 is 1.89 bits per heavy atom. The lowest BCUT2D eigenvalue weighted by molar-refractivity contribution is 0.0692. The van der Waals surface area contributed by atoms with Crippen molar-refractivity contribution in [3.8, 4) is 0 Å². The highest BCUT2D eigenvalue weighted by Crippen LogP contribution is 2.17. The van der Waals surface area contributed by atoms with Crippen LogP contribution in [-0.2, 0) is 0 Å². The predicted octanol–water partition coefficient (Wildman–Crippen LogP) is 4.40. The first-order valence-corrected chi connectivity index (χ1v) is 16.2. The number of hydrogen-bond acceptors (Lipinski definition) is 2. The zero-order valence-corrected chi connectivity index (χ0v) is 19.4. The number of rotatable bonds is 5. The second-order valence-electron chi connectivity index (χ2n) is 8.75. The lowest BCUT2D eigenvalue weighted by Crippen LogP contribution is -2.45. The number of thiocarbonyl (C=S) groups is 1. The molecule has 0 aliphatic heterocycles. The molecule has 0 spiro atoms. The first-order valence-electron chi connectivity index (χ1n) is 8.79. The molecule has 0 saturated carbocycles. The Balaban J connectivity index is 2.41. The van der Waals surface area contributed by atoms with E-state index in [1.807, 2.05) is 0 Å². The highest BCUT2D eigenvalue weighted by Gasteiger charge is 2.23. The molecule has 2 rings (SSSR count). The number of nitrogens with one attached hydrogen (secondary N) is 1. The van der Waals surface area contributed by atoms with Crippen molar-refractivity contribution in [1.29, 1.82) is 0 Å². The normalized spacial score (nSPS) is 12.0. The molecule has 0 bridgehead atoms. The van der Waals surface area contributed by atoms with Gasteiger partial charge in [-0.2, -0.15) is 0 Å². The van der Waals surface area contributed by atoms with E-state index in [1.54, 1.807) is 0 Å². The first kappa shape index (κ1) is 21.5. The van der Waals surface area contributed by atoms with E-state index >= 15 is 0 Å². The summed E-state index contributed by atoms with van der Waals surface area (Å²) < 4.78 is 13.9. The van der Waals surface area contributed by atoms with Crippen LogP contribution < -0.4 is 15.7 Å². The van der Waals surface area contributed by atoms with E-state index in [9.17, 15) is 9.18 Å². The van der Waals surface area contributed by atoms with Gasteiger partial charge in [0.2, 0.25) is 0 Å². The minimum atomic E-state index is -1.53. The first-order chi connectivity index (χ1) is 12.3. The summed E-state index contributed by atoms with van der Waals surface area (Å²) in [5.41, 5.74) is 1.01. The van der Waals surface area contributed by atoms with Crippen LogP contribution in [0.15, 0.2) is 36.4 Å². The summed E-state index contributed by atoms with van der Waals surface area (Å²) >= 11 is 5.58. The molecular weight excluding hydrogens is 393 g/mol. The van der Waals surface area contributed by atoms with Crippen LogP contribution in [-0.4, -0.2) is 32.2 Å². The van der Waals surface area contributed by atoms with Crippen LogP contribution in [0.4, 0.5) is 10.1 Å². The number of benzene rings is 2. The Labute approximate surface area is 167 Å².